The molecule has 2 N–H and O–H groups in total. The molecule has 0 atom stereocenters. The predicted molar refractivity (Wildman–Crippen MR) is 75.6 cm³/mol. The first kappa shape index (κ1) is 12.8. The number of fused-ring (bicyclic) bond motifs is 1. The third-order valence-corrected chi connectivity index (χ3v) is 3.74. The molecule has 1 aliphatic carbocycles. The van der Waals surface area contributed by atoms with Crippen LogP contribution in [-0.4, -0.2) is 27.7 Å². The van der Waals surface area contributed by atoms with Crippen molar-refractivity contribution >= 4 is 22.3 Å². The fraction of sp³-hybridized carbons (Fsp3) is 0.357. The van der Waals surface area contributed by atoms with Gasteiger partial charge in [0.1, 0.15) is 5.52 Å². The molecule has 1 aromatic carbocycles. The Morgan fingerprint density at radius 2 is 2.20 bits per heavy atom. The molecular formula is C14H15N3O3. The van der Waals surface area contributed by atoms with Gasteiger partial charge in [-0.25, -0.2) is 0 Å². The lowest BCUT2D eigenvalue weighted by Crippen LogP contribution is -2.33. The monoisotopic (exact) mass is 273 g/mol. The zero-order valence-corrected chi connectivity index (χ0v) is 10.8. The number of nitrogens with one attached hydrogen (secondary N) is 1. The van der Waals surface area contributed by atoms with Gasteiger partial charge in [-0.2, -0.15) is 0 Å². The van der Waals surface area contributed by atoms with Crippen LogP contribution in [0.3, 0.4) is 0 Å². The van der Waals surface area contributed by atoms with Gasteiger partial charge in [-0.15, -0.1) is 0 Å². The van der Waals surface area contributed by atoms with Gasteiger partial charge < -0.3 is 10.4 Å². The molecule has 1 aliphatic rings. The van der Waals surface area contributed by atoms with Crippen LogP contribution in [-0.2, 0) is 0 Å². The second kappa shape index (κ2) is 5.05. The highest BCUT2D eigenvalue weighted by Gasteiger charge is 2.27. The lowest BCUT2D eigenvalue weighted by atomic mass is 9.82. The quantitative estimate of drug-likeness (QED) is 0.659. The van der Waals surface area contributed by atoms with Gasteiger partial charge in [-0.3, -0.25) is 15.1 Å². The molecule has 1 heterocycles. The van der Waals surface area contributed by atoms with E-state index >= 15 is 0 Å². The highest BCUT2D eigenvalue weighted by Crippen LogP contribution is 2.31. The van der Waals surface area contributed by atoms with Gasteiger partial charge in [0.25, 0.3) is 5.69 Å². The normalized spacial score (nSPS) is 21.4. The number of pyridine rings is 1. The first-order chi connectivity index (χ1) is 9.65. The van der Waals surface area contributed by atoms with Crippen LogP contribution in [0.2, 0.25) is 0 Å². The molecule has 3 rings (SSSR count). The number of benzene rings is 1. The number of rotatable bonds is 4. The largest absolute Gasteiger partial charge is 0.393 e. The Kier molecular flexibility index (Phi) is 3.23. The van der Waals surface area contributed by atoms with E-state index in [4.69, 9.17) is 0 Å². The van der Waals surface area contributed by atoms with E-state index < -0.39 is 4.92 Å². The van der Waals surface area contributed by atoms with Gasteiger partial charge in [0, 0.05) is 18.8 Å². The maximum Gasteiger partial charge on any atom is 0.278 e. The molecule has 104 valence electrons. The average molecular weight is 273 g/mol. The van der Waals surface area contributed by atoms with Gasteiger partial charge in [-0.1, -0.05) is 0 Å². The SMILES string of the molecule is O=[N+]([O-])c1ccc(NCC2CC(O)C2)c2ncccc12. The first-order valence-corrected chi connectivity index (χ1v) is 6.59. The lowest BCUT2D eigenvalue weighted by molar-refractivity contribution is -0.383. The molecule has 1 saturated carbocycles. The predicted octanol–water partition coefficient (Wildman–Crippen LogP) is 2.33. The smallest absolute Gasteiger partial charge is 0.278 e. The lowest BCUT2D eigenvalue weighted by Gasteiger charge is -2.31. The number of nitro groups is 1. The molecule has 0 spiro atoms. The highest BCUT2D eigenvalue weighted by molar-refractivity contribution is 5.96. The van der Waals surface area contributed by atoms with E-state index in [2.05, 4.69) is 10.3 Å². The van der Waals surface area contributed by atoms with Crippen molar-refractivity contribution in [1.82, 2.24) is 4.98 Å². The number of nitro benzene ring substituents is 1. The second-order valence-electron chi connectivity index (χ2n) is 5.16. The number of hydrogen-bond donors (Lipinski definition) is 2. The standard InChI is InChI=1S/C14H15N3O3/c18-10-6-9(7-10)8-16-12-3-4-13(17(19)20)11-2-1-5-15-14(11)12/h1-5,9-10,16,18H,6-8H2. The van der Waals surface area contributed by atoms with Crippen molar-refractivity contribution in [2.24, 2.45) is 5.92 Å². The third kappa shape index (κ3) is 2.30. The van der Waals surface area contributed by atoms with Crippen molar-refractivity contribution in [3.8, 4) is 0 Å². The van der Waals surface area contributed by atoms with Crippen LogP contribution < -0.4 is 5.32 Å². The molecule has 0 saturated heterocycles. The van der Waals surface area contributed by atoms with Crippen LogP contribution in [0.4, 0.5) is 11.4 Å². The Hall–Kier alpha value is -2.21. The highest BCUT2D eigenvalue weighted by atomic mass is 16.6. The number of nitrogens with zero attached hydrogens (tertiary/aromatic N) is 2. The molecule has 2 aromatic rings. The Balaban J connectivity index is 1.88. The van der Waals surface area contributed by atoms with Crippen molar-refractivity contribution in [1.29, 1.82) is 0 Å². The van der Waals surface area contributed by atoms with E-state index in [1.54, 1.807) is 24.4 Å². The zero-order chi connectivity index (χ0) is 14.1. The number of anilines is 1. The van der Waals surface area contributed by atoms with Crippen molar-refractivity contribution in [3.05, 3.63) is 40.6 Å². The fourth-order valence-corrected chi connectivity index (χ4v) is 2.58. The molecule has 0 radical (unpaired) electrons. The third-order valence-electron chi connectivity index (χ3n) is 3.74. The van der Waals surface area contributed by atoms with E-state index in [9.17, 15) is 15.2 Å². The summed E-state index contributed by atoms with van der Waals surface area (Å²) in [6, 6.07) is 6.60. The molecule has 0 amide bonds. The molecule has 1 aromatic heterocycles. The minimum absolute atomic E-state index is 0.0673. The van der Waals surface area contributed by atoms with Gasteiger partial charge in [0.05, 0.1) is 22.1 Å². The minimum atomic E-state index is -0.393. The summed E-state index contributed by atoms with van der Waals surface area (Å²) in [6.07, 6.45) is 3.08. The maximum absolute atomic E-state index is 11.0. The van der Waals surface area contributed by atoms with E-state index in [0.29, 0.717) is 16.8 Å². The summed E-state index contributed by atoms with van der Waals surface area (Å²) in [6.45, 7) is 0.751. The van der Waals surface area contributed by atoms with E-state index in [0.717, 1.165) is 25.1 Å². The van der Waals surface area contributed by atoms with Crippen molar-refractivity contribution in [2.75, 3.05) is 11.9 Å². The van der Waals surface area contributed by atoms with Crippen LogP contribution in [0, 0.1) is 16.0 Å². The van der Waals surface area contributed by atoms with Crippen LogP contribution >= 0.6 is 0 Å². The van der Waals surface area contributed by atoms with E-state index in [-0.39, 0.29) is 11.8 Å². The molecule has 6 nitrogen and oxygen atoms in total. The maximum atomic E-state index is 11.0. The summed E-state index contributed by atoms with van der Waals surface area (Å²) in [7, 11) is 0. The van der Waals surface area contributed by atoms with Crippen LogP contribution in [0.5, 0.6) is 0 Å². The molecule has 0 aliphatic heterocycles. The van der Waals surface area contributed by atoms with Crippen molar-refractivity contribution < 1.29 is 10.0 Å². The minimum Gasteiger partial charge on any atom is -0.393 e. The first-order valence-electron chi connectivity index (χ1n) is 6.59. The summed E-state index contributed by atoms with van der Waals surface area (Å²) in [5.41, 5.74) is 1.48. The molecular weight excluding hydrogens is 258 g/mol. The van der Waals surface area contributed by atoms with Crippen LogP contribution in [0.25, 0.3) is 10.9 Å². The van der Waals surface area contributed by atoms with Crippen molar-refractivity contribution in [2.45, 2.75) is 18.9 Å². The molecule has 6 heteroatoms. The topological polar surface area (TPSA) is 88.3 Å². The molecule has 1 fully saturated rings. The van der Waals surface area contributed by atoms with Gasteiger partial charge in [-0.05, 0) is 37.0 Å². The summed E-state index contributed by atoms with van der Waals surface area (Å²) in [5.74, 6) is 0.457. The van der Waals surface area contributed by atoms with E-state index in [1.807, 2.05) is 0 Å². The van der Waals surface area contributed by atoms with Gasteiger partial charge in [0.2, 0.25) is 0 Å². The second-order valence-corrected chi connectivity index (χ2v) is 5.16. The summed E-state index contributed by atoms with van der Waals surface area (Å²) >= 11 is 0. The number of aliphatic hydroxyl groups is 1. The molecule has 0 unspecified atom stereocenters. The molecule has 0 bridgehead atoms. The van der Waals surface area contributed by atoms with Crippen molar-refractivity contribution in [3.63, 3.8) is 0 Å². The Morgan fingerprint density at radius 1 is 1.40 bits per heavy atom. The number of non-ortho nitro benzene ring substituents is 1. The summed E-state index contributed by atoms with van der Waals surface area (Å²) in [5, 5.41) is 24.1. The number of hydrogen-bond acceptors (Lipinski definition) is 5. The summed E-state index contributed by atoms with van der Waals surface area (Å²) in [4.78, 5) is 14.9. The Labute approximate surface area is 115 Å². The van der Waals surface area contributed by atoms with Gasteiger partial charge >= 0.3 is 0 Å². The zero-order valence-electron chi connectivity index (χ0n) is 10.8. The summed E-state index contributed by atoms with van der Waals surface area (Å²) < 4.78 is 0. The van der Waals surface area contributed by atoms with E-state index in [1.165, 1.54) is 6.07 Å². The number of aromatic nitrogens is 1. The van der Waals surface area contributed by atoms with Crippen LogP contribution in [0.15, 0.2) is 30.5 Å². The van der Waals surface area contributed by atoms with Gasteiger partial charge in [0.15, 0.2) is 0 Å². The average Bonchev–Trinajstić information content (AvgIpc) is 2.41. The fourth-order valence-electron chi connectivity index (χ4n) is 2.58. The van der Waals surface area contributed by atoms with Crippen LogP contribution in [0.1, 0.15) is 12.8 Å². The molecule has 20 heavy (non-hydrogen) atoms. The Morgan fingerprint density at radius 3 is 2.90 bits per heavy atom. The Bertz CT molecular complexity index is 653. The number of aliphatic hydroxyl groups excluding tert-OH is 1.